The van der Waals surface area contributed by atoms with Gasteiger partial charge in [-0.05, 0) is 31.2 Å². The zero-order valence-corrected chi connectivity index (χ0v) is 13.7. The van der Waals surface area contributed by atoms with Crippen molar-refractivity contribution in [3.8, 4) is 5.75 Å². The lowest BCUT2D eigenvalue weighted by molar-refractivity contribution is -0.116. The summed E-state index contributed by atoms with van der Waals surface area (Å²) < 4.78 is 5.11. The molecule has 3 amide bonds. The third kappa shape index (κ3) is 4.98. The quantitative estimate of drug-likeness (QED) is 0.854. The van der Waals surface area contributed by atoms with Gasteiger partial charge in [0.1, 0.15) is 12.3 Å². The van der Waals surface area contributed by atoms with E-state index in [0.29, 0.717) is 23.7 Å². The fourth-order valence-corrected chi connectivity index (χ4v) is 2.04. The summed E-state index contributed by atoms with van der Waals surface area (Å²) >= 11 is 0. The summed E-state index contributed by atoms with van der Waals surface area (Å²) in [5.41, 5.74) is 1.19. The number of nitrogens with zero attached hydrogens (tertiary/aromatic N) is 2. The van der Waals surface area contributed by atoms with Crippen molar-refractivity contribution in [3.05, 3.63) is 48.8 Å². The smallest absolute Gasteiger partial charge is 0.322 e. The molecule has 24 heavy (non-hydrogen) atoms. The number of pyridine rings is 1. The number of benzene rings is 1. The molecular weight excluding hydrogens is 308 g/mol. The van der Waals surface area contributed by atoms with E-state index in [1.54, 1.807) is 55.9 Å². The predicted molar refractivity (Wildman–Crippen MR) is 92.1 cm³/mol. The molecule has 0 atom stereocenters. The van der Waals surface area contributed by atoms with E-state index in [1.165, 1.54) is 4.90 Å². The number of methoxy groups -OCH3 is 1. The third-order valence-electron chi connectivity index (χ3n) is 3.27. The van der Waals surface area contributed by atoms with Crippen LogP contribution < -0.4 is 15.4 Å². The molecule has 0 fully saturated rings. The molecule has 2 N–H and O–H groups in total. The van der Waals surface area contributed by atoms with E-state index in [0.717, 1.165) is 0 Å². The summed E-state index contributed by atoms with van der Waals surface area (Å²) in [4.78, 5) is 29.7. The number of anilines is 2. The van der Waals surface area contributed by atoms with Crippen LogP contribution in [0.25, 0.3) is 0 Å². The Hall–Kier alpha value is -3.09. The van der Waals surface area contributed by atoms with Gasteiger partial charge in [-0.1, -0.05) is 6.07 Å². The van der Waals surface area contributed by atoms with E-state index >= 15 is 0 Å². The molecule has 0 aliphatic heterocycles. The summed E-state index contributed by atoms with van der Waals surface area (Å²) in [5, 5.41) is 5.45. The van der Waals surface area contributed by atoms with Gasteiger partial charge in [-0.2, -0.15) is 0 Å². The van der Waals surface area contributed by atoms with Crippen LogP contribution in [0, 0.1) is 0 Å². The number of urea groups is 1. The Labute approximate surface area is 140 Å². The second-order valence-electron chi connectivity index (χ2n) is 4.97. The van der Waals surface area contributed by atoms with Gasteiger partial charge in [0.25, 0.3) is 0 Å². The first-order valence-corrected chi connectivity index (χ1v) is 7.52. The average molecular weight is 328 g/mol. The van der Waals surface area contributed by atoms with E-state index < -0.39 is 0 Å². The van der Waals surface area contributed by atoms with Crippen LogP contribution in [-0.4, -0.2) is 42.0 Å². The molecule has 1 heterocycles. The SMILES string of the molecule is CCN(CC(=O)Nc1cccc(OC)c1)C(=O)Nc1cccnc1. The summed E-state index contributed by atoms with van der Waals surface area (Å²) in [7, 11) is 1.56. The zero-order chi connectivity index (χ0) is 17.4. The van der Waals surface area contributed by atoms with E-state index in [9.17, 15) is 9.59 Å². The number of ether oxygens (including phenoxy) is 1. The minimum Gasteiger partial charge on any atom is -0.497 e. The van der Waals surface area contributed by atoms with Gasteiger partial charge in [-0.15, -0.1) is 0 Å². The molecule has 7 heteroatoms. The van der Waals surface area contributed by atoms with Crippen molar-refractivity contribution in [2.45, 2.75) is 6.92 Å². The molecule has 0 unspecified atom stereocenters. The number of rotatable bonds is 6. The maximum atomic E-state index is 12.2. The molecule has 0 radical (unpaired) electrons. The van der Waals surface area contributed by atoms with Crippen LogP contribution in [0.15, 0.2) is 48.8 Å². The summed E-state index contributed by atoms with van der Waals surface area (Å²) in [6.07, 6.45) is 3.16. The third-order valence-corrected chi connectivity index (χ3v) is 3.27. The highest BCUT2D eigenvalue weighted by Crippen LogP contribution is 2.16. The maximum absolute atomic E-state index is 12.2. The lowest BCUT2D eigenvalue weighted by Gasteiger charge is -2.20. The van der Waals surface area contributed by atoms with Crippen LogP contribution in [0.2, 0.25) is 0 Å². The highest BCUT2D eigenvalue weighted by atomic mass is 16.5. The molecule has 0 aliphatic rings. The summed E-state index contributed by atoms with van der Waals surface area (Å²) in [6, 6.07) is 10.1. The molecule has 1 aromatic carbocycles. The lowest BCUT2D eigenvalue weighted by Crippen LogP contribution is -2.40. The highest BCUT2D eigenvalue weighted by Gasteiger charge is 2.16. The first kappa shape index (κ1) is 17.3. The molecule has 1 aromatic heterocycles. The Balaban J connectivity index is 1.93. The van der Waals surface area contributed by atoms with Gasteiger partial charge in [0.15, 0.2) is 0 Å². The topological polar surface area (TPSA) is 83.6 Å². The Kier molecular flexibility index (Phi) is 6.13. The van der Waals surface area contributed by atoms with Crippen LogP contribution in [0.3, 0.4) is 0 Å². The average Bonchev–Trinajstić information content (AvgIpc) is 2.60. The zero-order valence-electron chi connectivity index (χ0n) is 13.7. The van der Waals surface area contributed by atoms with E-state index in [2.05, 4.69) is 15.6 Å². The molecule has 2 rings (SSSR count). The van der Waals surface area contributed by atoms with Crippen LogP contribution in [0.1, 0.15) is 6.92 Å². The van der Waals surface area contributed by atoms with Crippen molar-refractivity contribution >= 4 is 23.3 Å². The summed E-state index contributed by atoms with van der Waals surface area (Å²) in [5.74, 6) is 0.362. The van der Waals surface area contributed by atoms with Crippen molar-refractivity contribution in [2.24, 2.45) is 0 Å². The minimum atomic E-state index is -0.355. The van der Waals surface area contributed by atoms with Gasteiger partial charge in [0.2, 0.25) is 5.91 Å². The second kappa shape index (κ2) is 8.52. The standard InChI is InChI=1S/C17H20N4O3/c1-3-21(17(23)20-14-7-5-9-18-11-14)12-16(22)19-13-6-4-8-15(10-13)24-2/h4-11H,3,12H2,1-2H3,(H,19,22)(H,20,23). The Morgan fingerprint density at radius 1 is 1.17 bits per heavy atom. The number of likely N-dealkylation sites (N-methyl/N-ethyl adjacent to an activating group) is 1. The molecule has 7 nitrogen and oxygen atoms in total. The highest BCUT2D eigenvalue weighted by molar-refractivity contribution is 5.97. The molecule has 126 valence electrons. The number of hydrogen-bond acceptors (Lipinski definition) is 4. The first-order valence-electron chi connectivity index (χ1n) is 7.52. The second-order valence-corrected chi connectivity index (χ2v) is 4.97. The predicted octanol–water partition coefficient (Wildman–Crippen LogP) is 2.58. The van der Waals surface area contributed by atoms with Gasteiger partial charge in [0.05, 0.1) is 19.0 Å². The van der Waals surface area contributed by atoms with Crippen molar-refractivity contribution in [2.75, 3.05) is 30.8 Å². The molecule has 0 spiro atoms. The first-order chi connectivity index (χ1) is 11.6. The minimum absolute atomic E-state index is 0.0557. The van der Waals surface area contributed by atoms with Gasteiger partial charge in [-0.3, -0.25) is 9.78 Å². The van der Waals surface area contributed by atoms with Crippen molar-refractivity contribution in [1.82, 2.24) is 9.88 Å². The Morgan fingerprint density at radius 2 is 1.96 bits per heavy atom. The van der Waals surface area contributed by atoms with Crippen LogP contribution in [-0.2, 0) is 4.79 Å². The fourth-order valence-electron chi connectivity index (χ4n) is 2.04. The lowest BCUT2D eigenvalue weighted by atomic mass is 10.3. The van der Waals surface area contributed by atoms with Crippen molar-refractivity contribution in [1.29, 1.82) is 0 Å². The van der Waals surface area contributed by atoms with E-state index in [1.807, 2.05) is 6.92 Å². The molecule has 0 saturated carbocycles. The molecule has 0 bridgehead atoms. The Bertz CT molecular complexity index is 691. The number of carbonyl (C=O) groups is 2. The van der Waals surface area contributed by atoms with Gasteiger partial charge in [-0.25, -0.2) is 4.79 Å². The normalized spacial score (nSPS) is 9.92. The van der Waals surface area contributed by atoms with Crippen LogP contribution in [0.5, 0.6) is 5.75 Å². The van der Waals surface area contributed by atoms with Crippen molar-refractivity contribution in [3.63, 3.8) is 0 Å². The van der Waals surface area contributed by atoms with Crippen LogP contribution in [0.4, 0.5) is 16.2 Å². The number of aromatic nitrogens is 1. The Morgan fingerprint density at radius 3 is 2.62 bits per heavy atom. The van der Waals surface area contributed by atoms with Gasteiger partial charge in [0, 0.05) is 24.5 Å². The van der Waals surface area contributed by atoms with Gasteiger partial charge < -0.3 is 20.3 Å². The van der Waals surface area contributed by atoms with Crippen LogP contribution >= 0.6 is 0 Å². The van der Waals surface area contributed by atoms with E-state index in [-0.39, 0.29) is 18.5 Å². The number of hydrogen-bond donors (Lipinski definition) is 2. The molecule has 0 saturated heterocycles. The number of carbonyl (C=O) groups excluding carboxylic acids is 2. The number of nitrogens with one attached hydrogen (secondary N) is 2. The monoisotopic (exact) mass is 328 g/mol. The largest absolute Gasteiger partial charge is 0.497 e. The summed E-state index contributed by atoms with van der Waals surface area (Å²) in [6.45, 7) is 2.15. The fraction of sp³-hybridized carbons (Fsp3) is 0.235. The maximum Gasteiger partial charge on any atom is 0.322 e. The molecule has 2 aromatic rings. The van der Waals surface area contributed by atoms with Gasteiger partial charge >= 0.3 is 6.03 Å². The number of amides is 3. The molecular formula is C17H20N4O3. The van der Waals surface area contributed by atoms with Crippen molar-refractivity contribution < 1.29 is 14.3 Å². The van der Waals surface area contributed by atoms with E-state index in [4.69, 9.17) is 4.74 Å². The molecule has 0 aliphatic carbocycles.